The normalized spacial score (nSPS) is 17.1. The summed E-state index contributed by atoms with van der Waals surface area (Å²) in [6.07, 6.45) is 2.09. The van der Waals surface area contributed by atoms with Gasteiger partial charge in [0.05, 0.1) is 5.69 Å². The van der Waals surface area contributed by atoms with Crippen molar-refractivity contribution in [2.24, 2.45) is 0 Å². The Morgan fingerprint density at radius 1 is 1.14 bits per heavy atom. The predicted octanol–water partition coefficient (Wildman–Crippen LogP) is 1.56. The molecule has 0 saturated carbocycles. The fraction of sp³-hybridized carbons (Fsp3) is 0.600. The van der Waals surface area contributed by atoms with Crippen LogP contribution in [0.1, 0.15) is 26.7 Å². The second kappa shape index (κ2) is 7.24. The molecule has 0 atom stereocenters. The molecule has 1 aliphatic heterocycles. The molecule has 1 heterocycles. The van der Waals surface area contributed by atoms with E-state index in [1.54, 1.807) is 19.1 Å². The number of benzene rings is 1. The zero-order valence-corrected chi connectivity index (χ0v) is 13.6. The molecule has 118 valence electrons. The van der Waals surface area contributed by atoms with Crippen LogP contribution in [-0.4, -0.2) is 40.6 Å². The molecule has 0 aromatic heterocycles. The minimum atomic E-state index is -3.42. The first-order valence-electron chi connectivity index (χ1n) is 7.65. The van der Waals surface area contributed by atoms with Crippen LogP contribution in [0.5, 0.6) is 0 Å². The summed E-state index contributed by atoms with van der Waals surface area (Å²) in [5.74, 6) is 0. The van der Waals surface area contributed by atoms with Crippen molar-refractivity contribution in [2.75, 3.05) is 31.1 Å². The molecule has 1 aromatic carbocycles. The largest absolute Gasteiger partial charge is 0.370 e. The van der Waals surface area contributed by atoms with Crippen molar-refractivity contribution in [3.63, 3.8) is 0 Å². The molecule has 5 nitrogen and oxygen atoms in total. The van der Waals surface area contributed by atoms with Gasteiger partial charge >= 0.3 is 0 Å². The Balaban J connectivity index is 2.18. The lowest BCUT2D eigenvalue weighted by Gasteiger charge is -2.34. The van der Waals surface area contributed by atoms with Gasteiger partial charge in [0.25, 0.3) is 0 Å². The van der Waals surface area contributed by atoms with Crippen LogP contribution in [0.2, 0.25) is 0 Å². The number of hydrogen-bond donors (Lipinski definition) is 2. The lowest BCUT2D eigenvalue weighted by atomic mass is 10.0. The standard InChI is InChI=1S/C15H25N3O2S/c1-3-16-13-9-11-18(12-10-13)14-7-5-6-8-15(14)21(19,20)17-4-2/h5-8,13,16-17H,3-4,9-12H2,1-2H3. The van der Waals surface area contributed by atoms with Crippen LogP contribution >= 0.6 is 0 Å². The van der Waals surface area contributed by atoms with Crippen molar-refractivity contribution in [3.8, 4) is 0 Å². The first-order chi connectivity index (χ1) is 10.1. The molecular weight excluding hydrogens is 286 g/mol. The van der Waals surface area contributed by atoms with Crippen molar-refractivity contribution < 1.29 is 8.42 Å². The van der Waals surface area contributed by atoms with E-state index in [9.17, 15) is 8.42 Å². The molecule has 1 saturated heterocycles. The third-order valence-corrected chi connectivity index (χ3v) is 5.41. The monoisotopic (exact) mass is 311 g/mol. The van der Waals surface area contributed by atoms with Crippen LogP contribution in [-0.2, 0) is 10.0 Å². The lowest BCUT2D eigenvalue weighted by molar-refractivity contribution is 0.423. The topological polar surface area (TPSA) is 61.4 Å². The van der Waals surface area contributed by atoms with Crippen LogP contribution < -0.4 is 14.9 Å². The first kappa shape index (κ1) is 16.3. The van der Waals surface area contributed by atoms with Gasteiger partial charge in [-0.3, -0.25) is 0 Å². The summed E-state index contributed by atoms with van der Waals surface area (Å²) in [5.41, 5.74) is 0.813. The van der Waals surface area contributed by atoms with Crippen LogP contribution in [0.25, 0.3) is 0 Å². The fourth-order valence-corrected chi connectivity index (χ4v) is 4.09. The molecule has 1 fully saturated rings. The molecule has 6 heteroatoms. The van der Waals surface area contributed by atoms with E-state index < -0.39 is 10.0 Å². The summed E-state index contributed by atoms with van der Waals surface area (Å²) >= 11 is 0. The summed E-state index contributed by atoms with van der Waals surface area (Å²) in [7, 11) is -3.42. The minimum absolute atomic E-state index is 0.383. The maximum absolute atomic E-state index is 12.3. The van der Waals surface area contributed by atoms with Crippen molar-refractivity contribution >= 4 is 15.7 Å². The molecular formula is C15H25N3O2S. The number of hydrogen-bond acceptors (Lipinski definition) is 4. The van der Waals surface area contributed by atoms with E-state index in [-0.39, 0.29) is 0 Å². The van der Waals surface area contributed by atoms with Gasteiger partial charge in [0.2, 0.25) is 10.0 Å². The highest BCUT2D eigenvalue weighted by Gasteiger charge is 2.24. The third-order valence-electron chi connectivity index (χ3n) is 3.82. The Labute approximate surface area is 127 Å². The molecule has 0 spiro atoms. The summed E-state index contributed by atoms with van der Waals surface area (Å²) in [4.78, 5) is 2.56. The molecule has 0 amide bonds. The second-order valence-corrected chi connectivity index (χ2v) is 7.02. The Kier molecular flexibility index (Phi) is 5.61. The van der Waals surface area contributed by atoms with Gasteiger partial charge in [-0.1, -0.05) is 26.0 Å². The molecule has 2 N–H and O–H groups in total. The summed E-state index contributed by atoms with van der Waals surface area (Å²) in [6, 6.07) is 7.81. The van der Waals surface area contributed by atoms with E-state index in [0.29, 0.717) is 17.5 Å². The summed E-state index contributed by atoms with van der Waals surface area (Å²) in [5, 5.41) is 3.46. The Morgan fingerprint density at radius 2 is 1.81 bits per heavy atom. The maximum Gasteiger partial charge on any atom is 0.242 e. The first-order valence-corrected chi connectivity index (χ1v) is 9.13. The maximum atomic E-state index is 12.3. The highest BCUT2D eigenvalue weighted by atomic mass is 32.2. The average Bonchev–Trinajstić information content (AvgIpc) is 2.48. The van der Waals surface area contributed by atoms with Crippen LogP contribution in [0.3, 0.4) is 0 Å². The molecule has 2 rings (SSSR count). The molecule has 1 aliphatic rings. The van der Waals surface area contributed by atoms with Gasteiger partial charge in [-0.15, -0.1) is 0 Å². The van der Waals surface area contributed by atoms with Crippen LogP contribution in [0, 0.1) is 0 Å². The second-order valence-electron chi connectivity index (χ2n) is 5.29. The smallest absolute Gasteiger partial charge is 0.242 e. The van der Waals surface area contributed by atoms with E-state index >= 15 is 0 Å². The van der Waals surface area contributed by atoms with Crippen molar-refractivity contribution in [2.45, 2.75) is 37.6 Å². The SMILES string of the molecule is CCNC1CCN(c2ccccc2S(=O)(=O)NCC)CC1. The van der Waals surface area contributed by atoms with Gasteiger partial charge in [-0.05, 0) is 31.5 Å². The fourth-order valence-electron chi connectivity index (χ4n) is 2.83. The van der Waals surface area contributed by atoms with E-state index in [1.807, 2.05) is 12.1 Å². The number of rotatable bonds is 6. The molecule has 0 aliphatic carbocycles. The zero-order valence-electron chi connectivity index (χ0n) is 12.8. The third kappa shape index (κ3) is 3.96. The van der Waals surface area contributed by atoms with Gasteiger partial charge in [0, 0.05) is 25.7 Å². The quantitative estimate of drug-likeness (QED) is 0.837. The summed E-state index contributed by atoms with van der Waals surface area (Å²) < 4.78 is 27.2. The number of nitrogens with zero attached hydrogens (tertiary/aromatic N) is 1. The zero-order chi connectivity index (χ0) is 15.3. The molecule has 0 bridgehead atoms. The van der Waals surface area contributed by atoms with Gasteiger partial charge in [-0.2, -0.15) is 0 Å². The minimum Gasteiger partial charge on any atom is -0.370 e. The number of piperidine rings is 1. The number of anilines is 1. The molecule has 0 radical (unpaired) electrons. The van der Waals surface area contributed by atoms with Gasteiger partial charge in [0.1, 0.15) is 4.90 Å². The van der Waals surface area contributed by atoms with Crippen molar-refractivity contribution in [1.29, 1.82) is 0 Å². The molecule has 21 heavy (non-hydrogen) atoms. The summed E-state index contributed by atoms with van der Waals surface area (Å²) in [6.45, 7) is 7.06. The van der Waals surface area contributed by atoms with E-state index in [0.717, 1.165) is 38.2 Å². The van der Waals surface area contributed by atoms with Gasteiger partial charge < -0.3 is 10.2 Å². The lowest BCUT2D eigenvalue weighted by Crippen LogP contribution is -2.43. The van der Waals surface area contributed by atoms with Gasteiger partial charge in [0.15, 0.2) is 0 Å². The van der Waals surface area contributed by atoms with E-state index in [1.165, 1.54) is 0 Å². The van der Waals surface area contributed by atoms with Crippen LogP contribution in [0.15, 0.2) is 29.2 Å². The van der Waals surface area contributed by atoms with Gasteiger partial charge in [-0.25, -0.2) is 13.1 Å². The molecule has 1 aromatic rings. The van der Waals surface area contributed by atoms with E-state index in [4.69, 9.17) is 0 Å². The van der Waals surface area contributed by atoms with Crippen molar-refractivity contribution in [1.82, 2.24) is 10.0 Å². The Morgan fingerprint density at radius 3 is 2.43 bits per heavy atom. The molecule has 0 unspecified atom stereocenters. The highest BCUT2D eigenvalue weighted by molar-refractivity contribution is 7.89. The van der Waals surface area contributed by atoms with Crippen LogP contribution in [0.4, 0.5) is 5.69 Å². The van der Waals surface area contributed by atoms with Crippen molar-refractivity contribution in [3.05, 3.63) is 24.3 Å². The number of nitrogens with one attached hydrogen (secondary N) is 2. The number of para-hydroxylation sites is 1. The van der Waals surface area contributed by atoms with E-state index in [2.05, 4.69) is 21.9 Å². The predicted molar refractivity (Wildman–Crippen MR) is 86.2 cm³/mol. The highest BCUT2D eigenvalue weighted by Crippen LogP contribution is 2.27. The number of sulfonamides is 1. The Hall–Kier alpha value is -1.11. The average molecular weight is 311 g/mol. The Bertz CT molecular complexity index is 552.